The zero-order valence-corrected chi connectivity index (χ0v) is 7.95. The molecule has 0 heterocycles. The molecule has 0 radical (unpaired) electrons. The molecule has 0 aromatic heterocycles. The van der Waals surface area contributed by atoms with E-state index in [9.17, 15) is 0 Å². The molecular formula is C8H16Si. The molecule has 0 amide bonds. The van der Waals surface area contributed by atoms with Gasteiger partial charge in [0.1, 0.15) is 9.52 Å². The van der Waals surface area contributed by atoms with E-state index in [2.05, 4.69) is 25.3 Å². The Balaban J connectivity index is 2.96. The van der Waals surface area contributed by atoms with Crippen molar-refractivity contribution in [3.05, 3.63) is 0 Å². The fraction of sp³-hybridized carbons (Fsp3) is 0.750. The van der Waals surface area contributed by atoms with Crippen LogP contribution in [0.15, 0.2) is 0 Å². The molecule has 0 bridgehead atoms. The van der Waals surface area contributed by atoms with Crippen LogP contribution in [-0.4, -0.2) is 9.52 Å². The third kappa shape index (κ3) is 7.78. The molecule has 0 spiro atoms. The van der Waals surface area contributed by atoms with Gasteiger partial charge in [-0.15, -0.1) is 11.5 Å². The van der Waals surface area contributed by atoms with Gasteiger partial charge in [-0.25, -0.2) is 0 Å². The van der Waals surface area contributed by atoms with Gasteiger partial charge in [-0.1, -0.05) is 26.3 Å². The summed E-state index contributed by atoms with van der Waals surface area (Å²) in [5.41, 5.74) is 3.26. The van der Waals surface area contributed by atoms with Crippen molar-refractivity contribution in [2.24, 2.45) is 0 Å². The second-order valence-corrected chi connectivity index (χ2v) is 4.06. The summed E-state index contributed by atoms with van der Waals surface area (Å²) in [6, 6.07) is 1.33. The first-order valence-corrected chi connectivity index (χ1v) is 5.58. The quantitative estimate of drug-likeness (QED) is 0.318. The Labute approximate surface area is 60.9 Å². The summed E-state index contributed by atoms with van der Waals surface area (Å²) in [4.78, 5) is 0. The van der Waals surface area contributed by atoms with Crippen molar-refractivity contribution in [2.75, 3.05) is 0 Å². The lowest BCUT2D eigenvalue weighted by Gasteiger charge is -1.82. The second kappa shape index (κ2) is 7.78. The number of hydrogen-bond donors (Lipinski definition) is 0. The van der Waals surface area contributed by atoms with Crippen molar-refractivity contribution < 1.29 is 0 Å². The zero-order chi connectivity index (χ0) is 6.95. The van der Waals surface area contributed by atoms with E-state index in [1.165, 1.54) is 18.9 Å². The van der Waals surface area contributed by atoms with Gasteiger partial charge in [0.25, 0.3) is 0 Å². The highest BCUT2D eigenvalue weighted by Gasteiger charge is 1.75. The lowest BCUT2D eigenvalue weighted by atomic mass is 10.3. The molecule has 0 nitrogen and oxygen atoms in total. The molecule has 0 unspecified atom stereocenters. The number of unbranched alkanes of at least 4 members (excludes halogenated alkanes) is 2. The van der Waals surface area contributed by atoms with Crippen LogP contribution in [0.1, 0.15) is 33.1 Å². The summed E-state index contributed by atoms with van der Waals surface area (Å²) >= 11 is 0. The molecule has 1 heteroatoms. The minimum Gasteiger partial charge on any atom is -0.140 e. The van der Waals surface area contributed by atoms with Crippen molar-refractivity contribution in [1.82, 2.24) is 0 Å². The monoisotopic (exact) mass is 140 g/mol. The van der Waals surface area contributed by atoms with E-state index < -0.39 is 0 Å². The van der Waals surface area contributed by atoms with Crippen LogP contribution >= 0.6 is 0 Å². The molecule has 9 heavy (non-hydrogen) atoms. The molecule has 0 aliphatic heterocycles. The van der Waals surface area contributed by atoms with Crippen LogP contribution in [-0.2, 0) is 0 Å². The predicted molar refractivity (Wildman–Crippen MR) is 46.3 cm³/mol. The van der Waals surface area contributed by atoms with E-state index in [4.69, 9.17) is 0 Å². The summed E-state index contributed by atoms with van der Waals surface area (Å²) in [7, 11) is 0.0326. The standard InChI is InChI=1S/C8H16Si/c1-3-5-6-7-8-9-4-2/h3-6,9H2,1-2H3. The fourth-order valence-electron chi connectivity index (χ4n) is 0.567. The Morgan fingerprint density at radius 2 is 2.11 bits per heavy atom. The highest BCUT2D eigenvalue weighted by Crippen LogP contribution is 1.89. The normalized spacial score (nSPS) is 9.56. The Hall–Kier alpha value is -0.223. The van der Waals surface area contributed by atoms with Gasteiger partial charge < -0.3 is 0 Å². The minimum atomic E-state index is 0.0326. The SMILES string of the molecule is CCCCC#C[SiH2]CC. The first-order valence-electron chi connectivity index (χ1n) is 3.87. The maximum absolute atomic E-state index is 3.26. The third-order valence-electron chi connectivity index (χ3n) is 1.16. The number of hydrogen-bond acceptors (Lipinski definition) is 0. The molecule has 0 aliphatic rings. The van der Waals surface area contributed by atoms with Gasteiger partial charge in [0, 0.05) is 6.42 Å². The van der Waals surface area contributed by atoms with Crippen LogP contribution in [0, 0.1) is 11.5 Å². The molecule has 0 atom stereocenters. The van der Waals surface area contributed by atoms with Crippen molar-refractivity contribution in [2.45, 2.75) is 39.2 Å². The Bertz CT molecular complexity index is 96.9. The van der Waals surface area contributed by atoms with Gasteiger partial charge in [-0.3, -0.25) is 0 Å². The van der Waals surface area contributed by atoms with Gasteiger partial charge in [0.2, 0.25) is 0 Å². The van der Waals surface area contributed by atoms with Gasteiger partial charge in [-0.05, 0) is 6.42 Å². The number of rotatable bonds is 3. The van der Waals surface area contributed by atoms with Crippen LogP contribution in [0.3, 0.4) is 0 Å². The molecule has 0 N–H and O–H groups in total. The van der Waals surface area contributed by atoms with Gasteiger partial charge in [-0.2, -0.15) is 0 Å². The predicted octanol–water partition coefficient (Wildman–Crippen LogP) is 1.74. The largest absolute Gasteiger partial charge is 0.140 e. The first-order chi connectivity index (χ1) is 4.41. The lowest BCUT2D eigenvalue weighted by molar-refractivity contribution is 0.828. The van der Waals surface area contributed by atoms with Crippen molar-refractivity contribution >= 4 is 9.52 Å². The van der Waals surface area contributed by atoms with E-state index in [1.807, 2.05) is 0 Å². The molecule has 52 valence electrons. The van der Waals surface area contributed by atoms with Crippen LogP contribution < -0.4 is 0 Å². The summed E-state index contributed by atoms with van der Waals surface area (Å²) < 4.78 is 0. The topological polar surface area (TPSA) is 0 Å². The molecule has 0 aliphatic carbocycles. The van der Waals surface area contributed by atoms with E-state index in [1.54, 1.807) is 0 Å². The smallest absolute Gasteiger partial charge is 0.106 e. The summed E-state index contributed by atoms with van der Waals surface area (Å²) in [5, 5.41) is 0. The van der Waals surface area contributed by atoms with E-state index in [0.717, 1.165) is 6.42 Å². The summed E-state index contributed by atoms with van der Waals surface area (Å²) in [6.45, 7) is 4.43. The average Bonchev–Trinajstić information content (AvgIpc) is 1.89. The fourth-order valence-corrected chi connectivity index (χ4v) is 1.17. The Morgan fingerprint density at radius 3 is 2.67 bits per heavy atom. The van der Waals surface area contributed by atoms with E-state index in [-0.39, 0.29) is 9.52 Å². The highest BCUT2D eigenvalue weighted by atomic mass is 28.2. The molecule has 0 rings (SSSR count). The van der Waals surface area contributed by atoms with Gasteiger partial charge in [0.15, 0.2) is 0 Å². The molecule has 0 aromatic rings. The van der Waals surface area contributed by atoms with Crippen molar-refractivity contribution in [1.29, 1.82) is 0 Å². The molecular weight excluding hydrogens is 124 g/mol. The Morgan fingerprint density at radius 1 is 1.33 bits per heavy atom. The molecule has 0 saturated heterocycles. The van der Waals surface area contributed by atoms with Gasteiger partial charge >= 0.3 is 0 Å². The molecule has 0 saturated carbocycles. The first kappa shape index (κ1) is 8.78. The molecule has 0 aromatic carbocycles. The van der Waals surface area contributed by atoms with Crippen LogP contribution in [0.5, 0.6) is 0 Å². The van der Waals surface area contributed by atoms with Crippen LogP contribution in [0.4, 0.5) is 0 Å². The van der Waals surface area contributed by atoms with Crippen molar-refractivity contribution in [3.63, 3.8) is 0 Å². The lowest BCUT2D eigenvalue weighted by Crippen LogP contribution is -1.78. The maximum Gasteiger partial charge on any atom is 0.106 e. The second-order valence-electron chi connectivity index (χ2n) is 2.21. The highest BCUT2D eigenvalue weighted by molar-refractivity contribution is 6.45. The molecule has 0 fully saturated rings. The third-order valence-corrected chi connectivity index (χ3v) is 2.16. The maximum atomic E-state index is 3.26. The van der Waals surface area contributed by atoms with Crippen LogP contribution in [0.2, 0.25) is 6.04 Å². The van der Waals surface area contributed by atoms with Gasteiger partial charge in [0.05, 0.1) is 0 Å². The summed E-state index contributed by atoms with van der Waals surface area (Å²) in [6.07, 6.45) is 3.69. The average molecular weight is 140 g/mol. The van der Waals surface area contributed by atoms with E-state index >= 15 is 0 Å². The summed E-state index contributed by atoms with van der Waals surface area (Å²) in [5.74, 6) is 3.20. The Kier molecular flexibility index (Phi) is 7.58. The van der Waals surface area contributed by atoms with Crippen LogP contribution in [0.25, 0.3) is 0 Å². The zero-order valence-electron chi connectivity index (χ0n) is 6.54. The van der Waals surface area contributed by atoms with E-state index in [0.29, 0.717) is 0 Å². The minimum absolute atomic E-state index is 0.0326. The van der Waals surface area contributed by atoms with Crippen molar-refractivity contribution in [3.8, 4) is 11.5 Å².